The number of hydrogen-bond donors (Lipinski definition) is 0. The van der Waals surface area contributed by atoms with Crippen molar-refractivity contribution >= 4 is 39.9 Å². The summed E-state index contributed by atoms with van der Waals surface area (Å²) in [6.45, 7) is 9.27. The van der Waals surface area contributed by atoms with Crippen LogP contribution < -0.4 is 9.80 Å². The van der Waals surface area contributed by atoms with Gasteiger partial charge >= 0.3 is 0 Å². The van der Waals surface area contributed by atoms with Gasteiger partial charge in [0.2, 0.25) is 0 Å². The van der Waals surface area contributed by atoms with E-state index >= 15 is 0 Å². The van der Waals surface area contributed by atoms with Gasteiger partial charge in [-0.05, 0) is 128 Å². The molecule has 0 saturated carbocycles. The zero-order valence-electron chi connectivity index (χ0n) is 33.1. The second-order valence-electron chi connectivity index (χ2n) is 16.9. The Morgan fingerprint density at radius 1 is 0.293 bits per heavy atom. The van der Waals surface area contributed by atoms with Crippen molar-refractivity contribution in [2.45, 2.75) is 38.5 Å². The summed E-state index contributed by atoms with van der Waals surface area (Å²) in [4.78, 5) is 19.2. The maximum Gasteiger partial charge on any atom is 0.194 e. The monoisotopic (exact) mass is 746 g/mol. The summed E-state index contributed by atoms with van der Waals surface area (Å²) in [5, 5.41) is 0. The van der Waals surface area contributed by atoms with E-state index in [0.717, 1.165) is 56.4 Å². The van der Waals surface area contributed by atoms with Gasteiger partial charge < -0.3 is 9.80 Å². The van der Waals surface area contributed by atoms with Gasteiger partial charge in [0.05, 0.1) is 0 Å². The third kappa shape index (κ3) is 4.96. The molecular weight excluding hydrogens is 705 g/mol. The molecule has 278 valence electrons. The molecule has 8 aromatic carbocycles. The minimum atomic E-state index is -0.133. The molecule has 0 spiro atoms. The number of para-hydroxylation sites is 2. The first-order valence-electron chi connectivity index (χ1n) is 20.2. The summed E-state index contributed by atoms with van der Waals surface area (Å²) < 4.78 is 0. The Morgan fingerprint density at radius 2 is 0.621 bits per heavy atom. The van der Waals surface area contributed by atoms with Gasteiger partial charge in [-0.2, -0.15) is 0 Å². The maximum absolute atomic E-state index is 14.7. The molecule has 0 N–H and O–H groups in total. The number of hydrogen-bond acceptors (Lipinski definition) is 3. The minimum absolute atomic E-state index is 0.0470. The van der Waals surface area contributed by atoms with E-state index in [4.69, 9.17) is 0 Å². The van der Waals surface area contributed by atoms with Gasteiger partial charge in [0, 0.05) is 56.1 Å². The van der Waals surface area contributed by atoms with Crippen molar-refractivity contribution in [2.24, 2.45) is 0 Å². The largest absolute Gasteiger partial charge is 0.310 e. The highest BCUT2D eigenvalue weighted by atomic mass is 16.1. The van der Waals surface area contributed by atoms with Gasteiger partial charge in [-0.3, -0.25) is 4.79 Å². The van der Waals surface area contributed by atoms with Crippen LogP contribution in [0, 0.1) is 0 Å². The van der Waals surface area contributed by atoms with Gasteiger partial charge in [-0.1, -0.05) is 137 Å². The fourth-order valence-electron chi connectivity index (χ4n) is 10.0. The molecule has 11 rings (SSSR count). The van der Waals surface area contributed by atoms with Gasteiger partial charge in [-0.25, -0.2) is 0 Å². The summed E-state index contributed by atoms with van der Waals surface area (Å²) in [6.07, 6.45) is 0. The molecule has 3 nitrogen and oxygen atoms in total. The van der Waals surface area contributed by atoms with E-state index in [2.05, 4.69) is 207 Å². The van der Waals surface area contributed by atoms with Crippen LogP contribution in [-0.2, 0) is 10.8 Å². The maximum atomic E-state index is 14.7. The number of nitrogens with zero attached hydrogens (tertiary/aromatic N) is 2. The van der Waals surface area contributed by atoms with Crippen LogP contribution in [0.25, 0.3) is 33.4 Å². The van der Waals surface area contributed by atoms with Crippen LogP contribution in [-0.4, -0.2) is 5.78 Å². The van der Waals surface area contributed by atoms with Crippen molar-refractivity contribution in [3.05, 3.63) is 215 Å². The summed E-state index contributed by atoms with van der Waals surface area (Å²) in [5.74, 6) is 0.0470. The molecule has 3 aliphatic carbocycles. The highest BCUT2D eigenvalue weighted by Gasteiger charge is 2.38. The standard InChI is InChI=1S/C55H42N2O/c1-54(2)49-21-13-11-19-43(49)45-29-25-39(33-51(45)54)56(35-15-7-5-8-16-35)37-23-27-41-42-28-24-38(32-48(42)53(58)47(41)31-37)57(36-17-9-6-10-18-36)40-26-30-46-44-20-12-14-22-50(44)55(3,4)52(46)34-40/h5-34H,1-4H3. The van der Waals surface area contributed by atoms with Crippen LogP contribution in [0.1, 0.15) is 65.9 Å². The molecule has 0 unspecified atom stereocenters. The summed E-state index contributed by atoms with van der Waals surface area (Å²) in [5.41, 5.74) is 19.7. The van der Waals surface area contributed by atoms with Gasteiger partial charge in [0.25, 0.3) is 0 Å². The molecule has 0 radical (unpaired) electrons. The van der Waals surface area contributed by atoms with Crippen LogP contribution >= 0.6 is 0 Å². The predicted molar refractivity (Wildman–Crippen MR) is 240 cm³/mol. The quantitative estimate of drug-likeness (QED) is 0.169. The molecule has 0 aromatic heterocycles. The zero-order valence-corrected chi connectivity index (χ0v) is 33.1. The van der Waals surface area contributed by atoms with E-state index in [1.165, 1.54) is 44.5 Å². The van der Waals surface area contributed by atoms with E-state index in [1.807, 2.05) is 12.1 Å². The zero-order chi connectivity index (χ0) is 39.3. The molecule has 0 fully saturated rings. The van der Waals surface area contributed by atoms with Crippen molar-refractivity contribution in [1.82, 2.24) is 0 Å². The van der Waals surface area contributed by atoms with Gasteiger partial charge in [0.15, 0.2) is 5.78 Å². The molecule has 0 atom stereocenters. The van der Waals surface area contributed by atoms with Crippen molar-refractivity contribution < 1.29 is 4.79 Å². The molecule has 0 amide bonds. The topological polar surface area (TPSA) is 23.6 Å². The highest BCUT2D eigenvalue weighted by molar-refractivity contribution is 6.22. The number of anilines is 6. The van der Waals surface area contributed by atoms with Gasteiger partial charge in [0.1, 0.15) is 0 Å². The van der Waals surface area contributed by atoms with E-state index in [1.54, 1.807) is 0 Å². The molecule has 3 aliphatic rings. The lowest BCUT2D eigenvalue weighted by Crippen LogP contribution is -2.16. The Labute approximate surface area is 340 Å². The lowest BCUT2D eigenvalue weighted by molar-refractivity contribution is 0.104. The highest BCUT2D eigenvalue weighted by Crippen LogP contribution is 2.53. The second kappa shape index (κ2) is 12.5. The van der Waals surface area contributed by atoms with E-state index in [9.17, 15) is 4.79 Å². The first-order chi connectivity index (χ1) is 28.2. The van der Waals surface area contributed by atoms with Crippen LogP contribution in [0.4, 0.5) is 34.1 Å². The van der Waals surface area contributed by atoms with Crippen molar-refractivity contribution in [1.29, 1.82) is 0 Å². The Morgan fingerprint density at radius 3 is 1.03 bits per heavy atom. The lowest BCUT2D eigenvalue weighted by atomic mass is 9.82. The number of ketones is 1. The smallest absolute Gasteiger partial charge is 0.194 e. The summed E-state index contributed by atoms with van der Waals surface area (Å²) in [7, 11) is 0. The molecule has 0 saturated heterocycles. The Kier molecular flexibility index (Phi) is 7.40. The number of rotatable bonds is 6. The van der Waals surface area contributed by atoms with Crippen molar-refractivity contribution in [3.8, 4) is 33.4 Å². The Hall–Kier alpha value is -6.97. The van der Waals surface area contributed by atoms with Crippen molar-refractivity contribution in [2.75, 3.05) is 9.80 Å². The summed E-state index contributed by atoms with van der Waals surface area (Å²) in [6, 6.07) is 64.9. The predicted octanol–water partition coefficient (Wildman–Crippen LogP) is 14.5. The molecule has 8 aromatic rings. The third-order valence-electron chi connectivity index (χ3n) is 13.0. The fourth-order valence-corrected chi connectivity index (χ4v) is 10.0. The average molecular weight is 747 g/mol. The molecule has 0 bridgehead atoms. The average Bonchev–Trinajstić information content (AvgIpc) is 3.76. The normalized spacial score (nSPS) is 14.5. The van der Waals surface area contributed by atoms with Crippen LogP contribution in [0.15, 0.2) is 182 Å². The molecule has 0 heterocycles. The van der Waals surface area contributed by atoms with Crippen LogP contribution in [0.3, 0.4) is 0 Å². The Balaban J connectivity index is 0.992. The molecule has 3 heteroatoms. The summed E-state index contributed by atoms with van der Waals surface area (Å²) >= 11 is 0. The van der Waals surface area contributed by atoms with Crippen LogP contribution in [0.2, 0.25) is 0 Å². The van der Waals surface area contributed by atoms with E-state index in [-0.39, 0.29) is 16.6 Å². The van der Waals surface area contributed by atoms with Crippen LogP contribution in [0.5, 0.6) is 0 Å². The number of carbonyl (C=O) groups excluding carboxylic acids is 1. The fraction of sp³-hybridized carbons (Fsp3) is 0.109. The molecular formula is C55H42N2O. The first kappa shape index (κ1) is 34.3. The van der Waals surface area contributed by atoms with E-state index < -0.39 is 0 Å². The molecule has 58 heavy (non-hydrogen) atoms. The Bertz CT molecular complexity index is 2780. The van der Waals surface area contributed by atoms with E-state index in [0.29, 0.717) is 0 Å². The molecule has 0 aliphatic heterocycles. The lowest BCUT2D eigenvalue weighted by Gasteiger charge is -2.28. The second-order valence-corrected chi connectivity index (χ2v) is 16.9. The SMILES string of the molecule is CC1(C)c2ccccc2-c2ccc(N(c3ccccc3)c3ccc4c(c3)C(=O)c3cc(N(c5ccccc5)c5ccc6c(c5)C(C)(C)c5ccccc5-6)ccc3-4)cc21. The third-order valence-corrected chi connectivity index (χ3v) is 13.0. The van der Waals surface area contributed by atoms with Crippen molar-refractivity contribution in [3.63, 3.8) is 0 Å². The first-order valence-corrected chi connectivity index (χ1v) is 20.2. The number of benzene rings is 8. The van der Waals surface area contributed by atoms with Gasteiger partial charge in [-0.15, -0.1) is 0 Å². The number of carbonyl (C=O) groups is 1. The number of fused-ring (bicyclic) bond motifs is 9. The minimum Gasteiger partial charge on any atom is -0.310 e.